The molecule has 0 atom stereocenters. The third-order valence-electron chi connectivity index (χ3n) is 2.22. The van der Waals surface area contributed by atoms with Crippen LogP contribution in [0.3, 0.4) is 0 Å². The van der Waals surface area contributed by atoms with Gasteiger partial charge in [-0.25, -0.2) is 13.1 Å². The molecule has 0 aliphatic carbocycles. The Morgan fingerprint density at radius 2 is 2.11 bits per heavy atom. The molecule has 1 amide bonds. The van der Waals surface area contributed by atoms with Gasteiger partial charge in [0.15, 0.2) is 0 Å². The summed E-state index contributed by atoms with van der Waals surface area (Å²) >= 11 is 0. The number of aromatic nitrogens is 1. The molecule has 0 unspecified atom stereocenters. The summed E-state index contributed by atoms with van der Waals surface area (Å²) in [6, 6.07) is 1.14. The van der Waals surface area contributed by atoms with Crippen molar-refractivity contribution in [3.63, 3.8) is 0 Å². The van der Waals surface area contributed by atoms with Crippen molar-refractivity contribution in [3.8, 4) is 0 Å². The fourth-order valence-corrected chi connectivity index (χ4v) is 2.44. The lowest BCUT2D eigenvalue weighted by molar-refractivity contribution is -0.118. The Labute approximate surface area is 104 Å². The number of carbonyl (C=O) groups is 1. The van der Waals surface area contributed by atoms with Crippen LogP contribution in [0.4, 0.5) is 0 Å². The van der Waals surface area contributed by atoms with E-state index < -0.39 is 21.4 Å². The highest BCUT2D eigenvalue weighted by molar-refractivity contribution is 7.89. The van der Waals surface area contributed by atoms with Crippen LogP contribution < -0.4 is 15.9 Å². The number of pyridine rings is 1. The largest absolute Gasteiger partial charge is 0.370 e. The minimum atomic E-state index is -3.80. The van der Waals surface area contributed by atoms with Crippen LogP contribution in [0.5, 0.6) is 0 Å². The minimum absolute atomic E-state index is 0.157. The van der Waals surface area contributed by atoms with Gasteiger partial charge >= 0.3 is 0 Å². The molecule has 0 radical (unpaired) electrons. The zero-order valence-corrected chi connectivity index (χ0v) is 10.5. The van der Waals surface area contributed by atoms with Gasteiger partial charge in [-0.1, -0.05) is 0 Å². The molecule has 0 aromatic carbocycles. The molecule has 0 fully saturated rings. The number of nitrogens with one attached hydrogen (secondary N) is 2. The van der Waals surface area contributed by atoms with Gasteiger partial charge < -0.3 is 10.7 Å². The molecule has 100 valence electrons. The summed E-state index contributed by atoms with van der Waals surface area (Å²) < 4.78 is 25.7. The van der Waals surface area contributed by atoms with E-state index in [2.05, 4.69) is 9.71 Å². The number of hydrogen-bond donors (Lipinski definition) is 3. The van der Waals surface area contributed by atoms with Gasteiger partial charge in [-0.05, 0) is 12.8 Å². The molecule has 0 aliphatic heterocycles. The highest BCUT2D eigenvalue weighted by atomic mass is 32.2. The summed E-state index contributed by atoms with van der Waals surface area (Å²) in [5.74, 6) is -0.419. The molecular formula is C10H15N3O4S. The lowest BCUT2D eigenvalue weighted by Gasteiger charge is -2.05. The third kappa shape index (κ3) is 4.30. The maximum Gasteiger partial charge on any atom is 0.245 e. The van der Waals surface area contributed by atoms with Crippen LogP contribution >= 0.6 is 0 Å². The van der Waals surface area contributed by atoms with E-state index in [4.69, 9.17) is 5.73 Å². The number of H-pyrrole nitrogens is 1. The van der Waals surface area contributed by atoms with Crippen molar-refractivity contribution in [3.05, 3.63) is 28.7 Å². The number of sulfonamides is 1. The van der Waals surface area contributed by atoms with E-state index >= 15 is 0 Å². The standard InChI is InChI=1S/C10H15N3O4S/c11-10(15)3-1-2-5-13-18(16,17)9-7-12-6-4-8(9)14/h4,6-7,13H,1-3,5H2,(H2,11,15)(H,12,14). The molecule has 1 aromatic heterocycles. The molecule has 8 heteroatoms. The Bertz CT molecular complexity index is 564. The summed E-state index contributed by atoms with van der Waals surface area (Å²) in [4.78, 5) is 24.0. The zero-order valence-electron chi connectivity index (χ0n) is 9.68. The van der Waals surface area contributed by atoms with E-state index in [1.54, 1.807) is 0 Å². The van der Waals surface area contributed by atoms with Gasteiger partial charge in [-0.2, -0.15) is 0 Å². The van der Waals surface area contributed by atoms with E-state index in [9.17, 15) is 18.0 Å². The first kappa shape index (κ1) is 14.4. The quantitative estimate of drug-likeness (QED) is 0.569. The molecule has 4 N–H and O–H groups in total. The van der Waals surface area contributed by atoms with E-state index in [0.29, 0.717) is 12.8 Å². The normalized spacial score (nSPS) is 11.3. The van der Waals surface area contributed by atoms with Crippen molar-refractivity contribution in [1.82, 2.24) is 9.71 Å². The predicted octanol–water partition coefficient (Wildman–Crippen LogP) is -0.691. The smallest absolute Gasteiger partial charge is 0.245 e. The molecule has 0 aliphatic rings. The van der Waals surface area contributed by atoms with Gasteiger partial charge in [-0.3, -0.25) is 9.59 Å². The van der Waals surface area contributed by atoms with Gasteiger partial charge in [0.25, 0.3) is 0 Å². The molecular weight excluding hydrogens is 258 g/mol. The van der Waals surface area contributed by atoms with Gasteiger partial charge in [0.05, 0.1) is 0 Å². The van der Waals surface area contributed by atoms with Crippen LogP contribution in [0.1, 0.15) is 19.3 Å². The third-order valence-corrected chi connectivity index (χ3v) is 3.70. The predicted molar refractivity (Wildman–Crippen MR) is 65.3 cm³/mol. The van der Waals surface area contributed by atoms with Crippen molar-refractivity contribution in [2.75, 3.05) is 6.54 Å². The summed E-state index contributed by atoms with van der Waals surface area (Å²) in [6.07, 6.45) is 3.69. The first-order valence-corrected chi connectivity index (χ1v) is 6.87. The van der Waals surface area contributed by atoms with Gasteiger partial charge in [-0.15, -0.1) is 0 Å². The van der Waals surface area contributed by atoms with Crippen molar-refractivity contribution >= 4 is 15.9 Å². The number of aromatic amines is 1. The van der Waals surface area contributed by atoms with Crippen LogP contribution in [0.25, 0.3) is 0 Å². The number of carbonyl (C=O) groups excluding carboxylic acids is 1. The van der Waals surface area contributed by atoms with Crippen molar-refractivity contribution in [2.45, 2.75) is 24.2 Å². The average Bonchev–Trinajstić information content (AvgIpc) is 2.28. The van der Waals surface area contributed by atoms with E-state index in [1.807, 2.05) is 0 Å². The van der Waals surface area contributed by atoms with Crippen molar-refractivity contribution in [1.29, 1.82) is 0 Å². The van der Waals surface area contributed by atoms with Crippen LogP contribution in [0, 0.1) is 0 Å². The Balaban J connectivity index is 2.54. The number of rotatable bonds is 7. The maximum absolute atomic E-state index is 11.7. The molecule has 18 heavy (non-hydrogen) atoms. The lowest BCUT2D eigenvalue weighted by atomic mass is 10.2. The molecule has 0 saturated heterocycles. The number of nitrogens with two attached hydrogens (primary N) is 1. The second-order valence-electron chi connectivity index (χ2n) is 3.69. The van der Waals surface area contributed by atoms with Gasteiger partial charge in [0.2, 0.25) is 21.4 Å². The van der Waals surface area contributed by atoms with Crippen LogP contribution in [0.15, 0.2) is 28.2 Å². The Morgan fingerprint density at radius 3 is 2.72 bits per heavy atom. The molecule has 1 aromatic rings. The maximum atomic E-state index is 11.7. The fourth-order valence-electron chi connectivity index (χ4n) is 1.32. The lowest BCUT2D eigenvalue weighted by Crippen LogP contribution is -2.29. The highest BCUT2D eigenvalue weighted by Gasteiger charge is 2.16. The first-order chi connectivity index (χ1) is 8.43. The summed E-state index contributed by atoms with van der Waals surface area (Å²) in [6.45, 7) is 0.157. The SMILES string of the molecule is NC(=O)CCCCNS(=O)(=O)c1c[nH]ccc1=O. The van der Waals surface area contributed by atoms with Gasteiger partial charge in [0, 0.05) is 31.4 Å². The van der Waals surface area contributed by atoms with Gasteiger partial charge in [0.1, 0.15) is 4.90 Å². The van der Waals surface area contributed by atoms with Crippen LogP contribution in [0.2, 0.25) is 0 Å². The Kier molecular flexibility index (Phi) is 5.05. The zero-order chi connectivity index (χ0) is 13.6. The summed E-state index contributed by atoms with van der Waals surface area (Å²) in [5, 5.41) is 0. The van der Waals surface area contributed by atoms with E-state index in [1.165, 1.54) is 6.20 Å². The first-order valence-electron chi connectivity index (χ1n) is 5.38. The monoisotopic (exact) mass is 273 g/mol. The summed E-state index contributed by atoms with van der Waals surface area (Å²) in [7, 11) is -3.80. The summed E-state index contributed by atoms with van der Waals surface area (Å²) in [5.41, 5.74) is 4.38. The van der Waals surface area contributed by atoms with Crippen molar-refractivity contribution in [2.24, 2.45) is 5.73 Å². The second kappa shape index (κ2) is 6.31. The number of amides is 1. The van der Waals surface area contributed by atoms with Crippen LogP contribution in [-0.2, 0) is 14.8 Å². The highest BCUT2D eigenvalue weighted by Crippen LogP contribution is 2.00. The Hall–Kier alpha value is -1.67. The van der Waals surface area contributed by atoms with Crippen LogP contribution in [-0.4, -0.2) is 25.9 Å². The van der Waals surface area contributed by atoms with E-state index in [0.717, 1.165) is 12.3 Å². The van der Waals surface area contributed by atoms with E-state index in [-0.39, 0.29) is 17.9 Å². The Morgan fingerprint density at radius 1 is 1.39 bits per heavy atom. The second-order valence-corrected chi connectivity index (χ2v) is 5.43. The topological polar surface area (TPSA) is 122 Å². The molecule has 7 nitrogen and oxygen atoms in total. The fraction of sp³-hybridized carbons (Fsp3) is 0.400. The molecule has 0 saturated carbocycles. The number of primary amides is 1. The molecule has 0 bridgehead atoms. The molecule has 1 rings (SSSR count). The molecule has 0 spiro atoms. The average molecular weight is 273 g/mol. The number of unbranched alkanes of at least 4 members (excludes halogenated alkanes) is 1. The van der Waals surface area contributed by atoms with Crippen molar-refractivity contribution < 1.29 is 13.2 Å². The number of hydrogen-bond acceptors (Lipinski definition) is 4. The minimum Gasteiger partial charge on any atom is -0.370 e. The molecule has 1 heterocycles.